The Hall–Kier alpha value is -2.80. The SMILES string of the molecule is CCN1c2ncccc2C(=O)N(C)c2ccc(-c3nccs3)nc21. The quantitative estimate of drug-likeness (QED) is 0.717. The first-order valence-electron chi connectivity index (χ1n) is 7.62. The lowest BCUT2D eigenvalue weighted by Gasteiger charge is -2.23. The highest BCUT2D eigenvalue weighted by atomic mass is 32.1. The van der Waals surface area contributed by atoms with Crippen LogP contribution < -0.4 is 9.80 Å². The average molecular weight is 337 g/mol. The van der Waals surface area contributed by atoms with E-state index in [1.54, 1.807) is 36.5 Å². The first-order chi connectivity index (χ1) is 11.7. The summed E-state index contributed by atoms with van der Waals surface area (Å²) in [7, 11) is 1.77. The minimum absolute atomic E-state index is 0.0842. The van der Waals surface area contributed by atoms with Gasteiger partial charge in [-0.3, -0.25) is 4.79 Å². The first-order valence-corrected chi connectivity index (χ1v) is 8.50. The van der Waals surface area contributed by atoms with Gasteiger partial charge in [0.15, 0.2) is 5.82 Å². The van der Waals surface area contributed by atoms with Crippen LogP contribution in [0.5, 0.6) is 0 Å². The maximum atomic E-state index is 12.8. The van der Waals surface area contributed by atoms with Gasteiger partial charge in [-0.15, -0.1) is 11.3 Å². The molecule has 0 spiro atoms. The summed E-state index contributed by atoms with van der Waals surface area (Å²) in [6.45, 7) is 2.68. The number of fused-ring (bicyclic) bond motifs is 2. The molecule has 1 amide bonds. The molecule has 0 atom stereocenters. The molecule has 0 saturated heterocycles. The lowest BCUT2D eigenvalue weighted by molar-refractivity contribution is 0.0994. The zero-order valence-corrected chi connectivity index (χ0v) is 14.1. The van der Waals surface area contributed by atoms with Crippen molar-refractivity contribution in [1.29, 1.82) is 0 Å². The fourth-order valence-electron chi connectivity index (χ4n) is 2.84. The van der Waals surface area contributed by atoms with Crippen molar-refractivity contribution in [2.24, 2.45) is 0 Å². The number of amides is 1. The van der Waals surface area contributed by atoms with Crippen LogP contribution >= 0.6 is 11.3 Å². The molecule has 4 heterocycles. The van der Waals surface area contributed by atoms with Crippen LogP contribution in [0, 0.1) is 0 Å². The number of anilines is 3. The molecular formula is C17H15N5OS. The number of aromatic nitrogens is 3. The molecule has 0 radical (unpaired) electrons. The molecule has 7 heteroatoms. The number of pyridine rings is 2. The van der Waals surface area contributed by atoms with E-state index in [1.165, 1.54) is 11.3 Å². The zero-order chi connectivity index (χ0) is 16.7. The van der Waals surface area contributed by atoms with Gasteiger partial charge in [-0.1, -0.05) is 0 Å². The number of nitrogens with zero attached hydrogens (tertiary/aromatic N) is 5. The summed E-state index contributed by atoms with van der Waals surface area (Å²) in [5, 5.41) is 2.78. The van der Waals surface area contributed by atoms with Crippen LogP contribution in [0.1, 0.15) is 17.3 Å². The van der Waals surface area contributed by atoms with Crippen LogP contribution in [0.2, 0.25) is 0 Å². The third-order valence-electron chi connectivity index (χ3n) is 4.02. The fraction of sp³-hybridized carbons (Fsp3) is 0.176. The van der Waals surface area contributed by atoms with E-state index in [0.29, 0.717) is 17.9 Å². The minimum Gasteiger partial charge on any atom is -0.309 e. The fourth-order valence-corrected chi connectivity index (χ4v) is 3.45. The molecule has 4 rings (SSSR count). The number of hydrogen-bond donors (Lipinski definition) is 0. The second-order valence-corrected chi connectivity index (χ2v) is 6.25. The minimum atomic E-state index is -0.0842. The normalized spacial score (nSPS) is 13.5. The van der Waals surface area contributed by atoms with Crippen molar-refractivity contribution in [2.45, 2.75) is 6.92 Å². The molecular weight excluding hydrogens is 322 g/mol. The van der Waals surface area contributed by atoms with Gasteiger partial charge in [-0.05, 0) is 31.2 Å². The Labute approximate surface area is 143 Å². The Morgan fingerprint density at radius 2 is 2.00 bits per heavy atom. The number of hydrogen-bond acceptors (Lipinski definition) is 6. The van der Waals surface area contributed by atoms with E-state index in [2.05, 4.69) is 9.97 Å². The Morgan fingerprint density at radius 3 is 2.75 bits per heavy atom. The number of rotatable bonds is 2. The van der Waals surface area contributed by atoms with E-state index >= 15 is 0 Å². The summed E-state index contributed by atoms with van der Waals surface area (Å²) in [6, 6.07) is 7.41. The summed E-state index contributed by atoms with van der Waals surface area (Å²) in [5.41, 5.74) is 2.14. The third kappa shape index (κ3) is 2.16. The van der Waals surface area contributed by atoms with Crippen molar-refractivity contribution in [1.82, 2.24) is 15.0 Å². The molecule has 1 aliphatic heterocycles. The predicted octanol–water partition coefficient (Wildman–Crippen LogP) is 3.35. The van der Waals surface area contributed by atoms with Gasteiger partial charge in [0.2, 0.25) is 0 Å². The van der Waals surface area contributed by atoms with Gasteiger partial charge in [0.25, 0.3) is 5.91 Å². The molecule has 120 valence electrons. The van der Waals surface area contributed by atoms with Gasteiger partial charge in [0.05, 0.1) is 11.3 Å². The molecule has 6 nitrogen and oxygen atoms in total. The summed E-state index contributed by atoms with van der Waals surface area (Å²) < 4.78 is 0. The summed E-state index contributed by atoms with van der Waals surface area (Å²) in [4.78, 5) is 30.0. The molecule has 3 aromatic heterocycles. The van der Waals surface area contributed by atoms with Gasteiger partial charge in [-0.2, -0.15) is 0 Å². The Balaban J connectivity index is 1.96. The van der Waals surface area contributed by atoms with Crippen LogP contribution in [0.3, 0.4) is 0 Å². The molecule has 0 aliphatic carbocycles. The van der Waals surface area contributed by atoms with Crippen molar-refractivity contribution in [3.8, 4) is 10.7 Å². The standard InChI is InChI=1S/C17H15N5OS/c1-3-22-14-11(5-4-8-18-14)17(23)21(2)13-7-6-12(20-15(13)22)16-19-9-10-24-16/h4-10H,3H2,1-2H3. The molecule has 3 aromatic rings. The maximum absolute atomic E-state index is 12.8. The van der Waals surface area contributed by atoms with Crippen LogP contribution in [-0.4, -0.2) is 34.5 Å². The van der Waals surface area contributed by atoms with Gasteiger partial charge in [0.1, 0.15) is 16.5 Å². The van der Waals surface area contributed by atoms with Gasteiger partial charge >= 0.3 is 0 Å². The molecule has 1 aliphatic rings. The molecule has 0 bridgehead atoms. The van der Waals surface area contributed by atoms with Crippen molar-refractivity contribution in [3.05, 3.63) is 47.6 Å². The average Bonchev–Trinajstić information content (AvgIpc) is 3.13. The molecule has 0 aromatic carbocycles. The number of carbonyl (C=O) groups is 1. The van der Waals surface area contributed by atoms with Crippen molar-refractivity contribution in [3.63, 3.8) is 0 Å². The lowest BCUT2D eigenvalue weighted by Crippen LogP contribution is -2.25. The zero-order valence-electron chi connectivity index (χ0n) is 13.3. The summed E-state index contributed by atoms with van der Waals surface area (Å²) in [5.74, 6) is 1.27. The van der Waals surface area contributed by atoms with Crippen molar-refractivity contribution in [2.75, 3.05) is 23.4 Å². The highest BCUT2D eigenvalue weighted by Crippen LogP contribution is 2.38. The van der Waals surface area contributed by atoms with Gasteiger partial charge < -0.3 is 9.80 Å². The van der Waals surface area contributed by atoms with Gasteiger partial charge in [0, 0.05) is 31.4 Å². The second-order valence-electron chi connectivity index (χ2n) is 5.36. The van der Waals surface area contributed by atoms with E-state index in [0.717, 1.165) is 22.2 Å². The van der Waals surface area contributed by atoms with E-state index in [-0.39, 0.29) is 5.91 Å². The van der Waals surface area contributed by atoms with E-state index in [4.69, 9.17) is 4.98 Å². The Morgan fingerprint density at radius 1 is 1.12 bits per heavy atom. The van der Waals surface area contributed by atoms with Crippen LogP contribution in [0.4, 0.5) is 17.3 Å². The van der Waals surface area contributed by atoms with Crippen LogP contribution in [0.15, 0.2) is 42.0 Å². The Kier molecular flexibility index (Phi) is 3.50. The number of carbonyl (C=O) groups excluding carboxylic acids is 1. The molecule has 0 saturated carbocycles. The highest BCUT2D eigenvalue weighted by molar-refractivity contribution is 7.13. The van der Waals surface area contributed by atoms with Gasteiger partial charge in [-0.25, -0.2) is 15.0 Å². The molecule has 24 heavy (non-hydrogen) atoms. The van der Waals surface area contributed by atoms with Crippen LogP contribution in [-0.2, 0) is 0 Å². The maximum Gasteiger partial charge on any atom is 0.261 e. The van der Waals surface area contributed by atoms with Crippen LogP contribution in [0.25, 0.3) is 10.7 Å². The first kappa shape index (κ1) is 14.8. The smallest absolute Gasteiger partial charge is 0.261 e. The second kappa shape index (κ2) is 5.68. The summed E-state index contributed by atoms with van der Waals surface area (Å²) >= 11 is 1.54. The van der Waals surface area contributed by atoms with Crippen molar-refractivity contribution < 1.29 is 4.79 Å². The number of thiazole rings is 1. The monoisotopic (exact) mass is 337 g/mol. The third-order valence-corrected chi connectivity index (χ3v) is 4.81. The lowest BCUT2D eigenvalue weighted by atomic mass is 10.2. The van der Waals surface area contributed by atoms with Crippen molar-refractivity contribution >= 4 is 34.6 Å². The summed E-state index contributed by atoms with van der Waals surface area (Å²) in [6.07, 6.45) is 3.46. The predicted molar refractivity (Wildman–Crippen MR) is 95.0 cm³/mol. The van der Waals surface area contributed by atoms with E-state index in [9.17, 15) is 4.79 Å². The molecule has 0 unspecified atom stereocenters. The highest BCUT2D eigenvalue weighted by Gasteiger charge is 2.30. The van der Waals surface area contributed by atoms with E-state index < -0.39 is 0 Å². The van der Waals surface area contributed by atoms with E-state index in [1.807, 2.05) is 29.3 Å². The topological polar surface area (TPSA) is 62.2 Å². The Bertz CT molecular complexity index is 909. The largest absolute Gasteiger partial charge is 0.309 e. The molecule has 0 N–H and O–H groups in total. The molecule has 0 fully saturated rings.